The maximum absolute atomic E-state index is 12.1. The number of benzene rings is 2. The van der Waals surface area contributed by atoms with Crippen molar-refractivity contribution in [3.05, 3.63) is 81.6 Å². The SMILES string of the molecule is O=C(Cc1ccc(Cl)cc1)NNC(=O)Cn1ccc(=O)c2ccccc21. The van der Waals surface area contributed by atoms with Gasteiger partial charge in [-0.1, -0.05) is 35.9 Å². The number of hydrogen-bond donors (Lipinski definition) is 2. The first-order chi connectivity index (χ1) is 12.5. The number of fused-ring (bicyclic) bond motifs is 1. The molecule has 0 bridgehead atoms. The van der Waals surface area contributed by atoms with Crippen LogP contribution in [0, 0.1) is 0 Å². The first-order valence-electron chi connectivity index (χ1n) is 7.93. The number of pyridine rings is 1. The summed E-state index contributed by atoms with van der Waals surface area (Å²) < 4.78 is 1.65. The zero-order valence-corrected chi connectivity index (χ0v) is 14.5. The highest BCUT2D eigenvalue weighted by atomic mass is 35.5. The van der Waals surface area contributed by atoms with E-state index in [0.29, 0.717) is 15.9 Å². The average Bonchev–Trinajstić information content (AvgIpc) is 2.64. The van der Waals surface area contributed by atoms with E-state index < -0.39 is 5.91 Å². The van der Waals surface area contributed by atoms with Gasteiger partial charge in [0.15, 0.2) is 5.43 Å². The number of aromatic nitrogens is 1. The third-order valence-corrected chi connectivity index (χ3v) is 4.07. The van der Waals surface area contributed by atoms with Gasteiger partial charge in [0.2, 0.25) is 5.91 Å². The Labute approximate surface area is 154 Å². The molecule has 6 nitrogen and oxygen atoms in total. The van der Waals surface area contributed by atoms with Crippen molar-refractivity contribution in [2.45, 2.75) is 13.0 Å². The number of nitrogens with zero attached hydrogens (tertiary/aromatic N) is 1. The highest BCUT2D eigenvalue weighted by Gasteiger charge is 2.08. The number of hydrogen-bond acceptors (Lipinski definition) is 3. The number of hydrazine groups is 1. The minimum absolute atomic E-state index is 0.0258. The van der Waals surface area contributed by atoms with E-state index in [1.807, 2.05) is 0 Å². The topological polar surface area (TPSA) is 80.2 Å². The minimum Gasteiger partial charge on any atom is -0.338 e. The summed E-state index contributed by atoms with van der Waals surface area (Å²) in [6.07, 6.45) is 1.68. The van der Waals surface area contributed by atoms with Crippen LogP contribution in [0.1, 0.15) is 5.56 Å². The summed E-state index contributed by atoms with van der Waals surface area (Å²) in [5.41, 5.74) is 6.09. The molecule has 0 atom stereocenters. The molecule has 1 aromatic heterocycles. The fraction of sp³-hybridized carbons (Fsp3) is 0.105. The highest BCUT2D eigenvalue weighted by molar-refractivity contribution is 6.30. The normalized spacial score (nSPS) is 10.5. The Morgan fingerprint density at radius 3 is 2.38 bits per heavy atom. The lowest BCUT2D eigenvalue weighted by molar-refractivity contribution is -0.128. The molecule has 0 spiro atoms. The van der Waals surface area contributed by atoms with Crippen LogP contribution in [0.2, 0.25) is 5.02 Å². The summed E-state index contributed by atoms with van der Waals surface area (Å²) in [4.78, 5) is 35.9. The van der Waals surface area contributed by atoms with E-state index in [9.17, 15) is 14.4 Å². The number of carbonyl (C=O) groups excluding carboxylic acids is 2. The van der Waals surface area contributed by atoms with Gasteiger partial charge >= 0.3 is 0 Å². The van der Waals surface area contributed by atoms with Gasteiger partial charge in [-0.2, -0.15) is 0 Å². The van der Waals surface area contributed by atoms with Crippen molar-refractivity contribution in [1.82, 2.24) is 15.4 Å². The first-order valence-corrected chi connectivity index (χ1v) is 8.31. The number of para-hydroxylation sites is 1. The second kappa shape index (κ2) is 7.84. The Balaban J connectivity index is 1.59. The molecule has 3 aromatic rings. The molecule has 1 heterocycles. The van der Waals surface area contributed by atoms with Crippen LogP contribution in [-0.4, -0.2) is 16.4 Å². The highest BCUT2D eigenvalue weighted by Crippen LogP contribution is 2.10. The number of rotatable bonds is 4. The molecule has 0 saturated heterocycles. The predicted molar refractivity (Wildman–Crippen MR) is 99.6 cm³/mol. The zero-order valence-electron chi connectivity index (χ0n) is 13.7. The molecule has 3 rings (SSSR count). The lowest BCUT2D eigenvalue weighted by atomic mass is 10.1. The van der Waals surface area contributed by atoms with Gasteiger partial charge in [0.25, 0.3) is 5.91 Å². The van der Waals surface area contributed by atoms with Crippen LogP contribution >= 0.6 is 11.6 Å². The van der Waals surface area contributed by atoms with Gasteiger partial charge < -0.3 is 4.57 Å². The van der Waals surface area contributed by atoms with E-state index in [1.165, 1.54) is 6.07 Å². The molecule has 2 aromatic carbocycles. The largest absolute Gasteiger partial charge is 0.338 e. The van der Waals surface area contributed by atoms with Crippen LogP contribution < -0.4 is 16.3 Å². The maximum Gasteiger partial charge on any atom is 0.258 e. The Kier molecular flexibility index (Phi) is 5.34. The van der Waals surface area contributed by atoms with Crippen LogP contribution in [0.25, 0.3) is 10.9 Å². The van der Waals surface area contributed by atoms with Crippen molar-refractivity contribution in [1.29, 1.82) is 0 Å². The molecule has 0 aliphatic heterocycles. The van der Waals surface area contributed by atoms with Crippen molar-refractivity contribution in [2.24, 2.45) is 0 Å². The molecular weight excluding hydrogens is 354 g/mol. The van der Waals surface area contributed by atoms with Crippen molar-refractivity contribution >= 4 is 34.3 Å². The van der Waals surface area contributed by atoms with Crippen molar-refractivity contribution < 1.29 is 9.59 Å². The summed E-state index contributed by atoms with van der Waals surface area (Å²) in [6.45, 7) is -0.0258. The maximum atomic E-state index is 12.1. The molecule has 0 fully saturated rings. The van der Waals surface area contributed by atoms with E-state index in [4.69, 9.17) is 11.6 Å². The van der Waals surface area contributed by atoms with Crippen LogP contribution in [0.4, 0.5) is 0 Å². The summed E-state index contributed by atoms with van der Waals surface area (Å²) in [6, 6.07) is 15.3. The van der Waals surface area contributed by atoms with E-state index >= 15 is 0 Å². The van der Waals surface area contributed by atoms with Gasteiger partial charge in [-0.15, -0.1) is 0 Å². The standard InChI is InChI=1S/C19H16ClN3O3/c20-14-7-5-13(6-8-14)11-18(25)21-22-19(26)12-23-10-9-17(24)15-3-1-2-4-16(15)23/h1-10H,11-12H2,(H,21,25)(H,22,26). The molecule has 0 radical (unpaired) electrons. The molecule has 0 saturated carbocycles. The quantitative estimate of drug-likeness (QED) is 0.691. The zero-order chi connectivity index (χ0) is 18.5. The van der Waals surface area contributed by atoms with Crippen LogP contribution in [0.3, 0.4) is 0 Å². The molecule has 0 unspecified atom stereocenters. The van der Waals surface area contributed by atoms with E-state index in [-0.39, 0.29) is 24.3 Å². The van der Waals surface area contributed by atoms with Gasteiger partial charge in [0.05, 0.1) is 11.9 Å². The van der Waals surface area contributed by atoms with Gasteiger partial charge in [-0.05, 0) is 29.8 Å². The third-order valence-electron chi connectivity index (χ3n) is 3.82. The average molecular weight is 370 g/mol. The summed E-state index contributed by atoms with van der Waals surface area (Å²) in [5.74, 6) is -0.742. The second-order valence-electron chi connectivity index (χ2n) is 5.72. The van der Waals surface area contributed by atoms with Crippen LogP contribution in [-0.2, 0) is 22.6 Å². The Bertz CT molecular complexity index is 1010. The number of amides is 2. The lowest BCUT2D eigenvalue weighted by Gasteiger charge is -2.11. The molecule has 7 heteroatoms. The van der Waals surface area contributed by atoms with Crippen molar-refractivity contribution in [3.8, 4) is 0 Å². The monoisotopic (exact) mass is 369 g/mol. The van der Waals surface area contributed by atoms with Gasteiger partial charge in [0.1, 0.15) is 6.54 Å². The molecule has 2 amide bonds. The smallest absolute Gasteiger partial charge is 0.258 e. The van der Waals surface area contributed by atoms with Crippen LogP contribution in [0.5, 0.6) is 0 Å². The molecule has 0 aliphatic carbocycles. The summed E-state index contributed by atoms with van der Waals surface area (Å²) >= 11 is 5.80. The van der Waals surface area contributed by atoms with Crippen molar-refractivity contribution in [3.63, 3.8) is 0 Å². The molecule has 0 aliphatic rings. The van der Waals surface area contributed by atoms with E-state index in [0.717, 1.165) is 5.56 Å². The molecule has 132 valence electrons. The Hall–Kier alpha value is -3.12. The number of carbonyl (C=O) groups is 2. The summed E-state index contributed by atoms with van der Waals surface area (Å²) in [5, 5.41) is 1.13. The van der Waals surface area contributed by atoms with Gasteiger partial charge in [-0.25, -0.2) is 0 Å². The van der Waals surface area contributed by atoms with Crippen molar-refractivity contribution in [2.75, 3.05) is 0 Å². The van der Waals surface area contributed by atoms with Crippen LogP contribution in [0.15, 0.2) is 65.6 Å². The number of halogens is 1. The Morgan fingerprint density at radius 1 is 0.923 bits per heavy atom. The third kappa shape index (κ3) is 4.29. The summed E-state index contributed by atoms with van der Waals surface area (Å²) in [7, 11) is 0. The number of nitrogens with one attached hydrogen (secondary N) is 2. The van der Waals surface area contributed by atoms with Gasteiger partial charge in [-0.3, -0.25) is 25.2 Å². The predicted octanol–water partition coefficient (Wildman–Crippen LogP) is 2.04. The fourth-order valence-corrected chi connectivity index (χ4v) is 2.69. The fourth-order valence-electron chi connectivity index (χ4n) is 2.56. The lowest BCUT2D eigenvalue weighted by Crippen LogP contribution is -2.43. The van der Waals surface area contributed by atoms with E-state index in [2.05, 4.69) is 10.9 Å². The van der Waals surface area contributed by atoms with E-state index in [1.54, 1.807) is 59.3 Å². The molecule has 26 heavy (non-hydrogen) atoms. The molecular formula is C19H16ClN3O3. The second-order valence-corrected chi connectivity index (χ2v) is 6.16. The molecule has 2 N–H and O–H groups in total. The minimum atomic E-state index is -0.400. The van der Waals surface area contributed by atoms with Gasteiger partial charge in [0, 0.05) is 22.7 Å². The Morgan fingerprint density at radius 2 is 1.62 bits per heavy atom. The first kappa shape index (κ1) is 17.7.